The lowest BCUT2D eigenvalue weighted by Crippen LogP contribution is -2.32. The third-order valence-electron chi connectivity index (χ3n) is 3.67. The monoisotopic (exact) mass is 342 g/mol. The lowest BCUT2D eigenvalue weighted by atomic mass is 10.1. The molecule has 0 saturated heterocycles. The second kappa shape index (κ2) is 6.72. The predicted octanol–water partition coefficient (Wildman–Crippen LogP) is 3.46. The molecule has 3 aromatic rings. The maximum Gasteiger partial charge on any atom is 0.319 e. The zero-order valence-corrected chi connectivity index (χ0v) is 13.6. The van der Waals surface area contributed by atoms with Crippen LogP contribution in [-0.4, -0.2) is 16.0 Å². The zero-order valence-electron chi connectivity index (χ0n) is 12.8. The summed E-state index contributed by atoms with van der Waals surface area (Å²) < 4.78 is 0. The highest BCUT2D eigenvalue weighted by atomic mass is 35.5. The van der Waals surface area contributed by atoms with Crippen LogP contribution < -0.4 is 16.1 Å². The number of aromatic amines is 1. The van der Waals surface area contributed by atoms with Gasteiger partial charge in [0.05, 0.1) is 16.6 Å². The zero-order chi connectivity index (χ0) is 17.1. The fourth-order valence-electron chi connectivity index (χ4n) is 2.40. The molecule has 0 aliphatic carbocycles. The van der Waals surface area contributed by atoms with Crippen LogP contribution in [0.25, 0.3) is 10.9 Å². The SMILES string of the molecule is CC(NC(=O)Nc1c[nH]c2c(Cl)cccc2c1=O)c1ccncc1. The third-order valence-corrected chi connectivity index (χ3v) is 3.98. The Kier molecular flexibility index (Phi) is 4.48. The van der Waals surface area contributed by atoms with Crippen LogP contribution in [0.2, 0.25) is 5.02 Å². The molecule has 0 aliphatic heterocycles. The molecule has 1 atom stereocenters. The van der Waals surface area contributed by atoms with Crippen LogP contribution in [0, 0.1) is 0 Å². The van der Waals surface area contributed by atoms with Gasteiger partial charge in [-0.05, 0) is 36.8 Å². The van der Waals surface area contributed by atoms with Gasteiger partial charge in [0.2, 0.25) is 5.43 Å². The van der Waals surface area contributed by atoms with Crippen LogP contribution in [0.15, 0.2) is 53.7 Å². The molecule has 2 aromatic heterocycles. The minimum atomic E-state index is -0.466. The molecule has 0 aliphatic rings. The highest BCUT2D eigenvalue weighted by Gasteiger charge is 2.12. The number of para-hydroxylation sites is 1. The van der Waals surface area contributed by atoms with Gasteiger partial charge in [-0.3, -0.25) is 9.78 Å². The summed E-state index contributed by atoms with van der Waals surface area (Å²) in [6.07, 6.45) is 4.75. The van der Waals surface area contributed by atoms with Crippen molar-refractivity contribution in [3.8, 4) is 0 Å². The molecule has 3 N–H and O–H groups in total. The molecule has 0 fully saturated rings. The Morgan fingerprint density at radius 2 is 2.00 bits per heavy atom. The number of hydrogen-bond acceptors (Lipinski definition) is 3. The summed E-state index contributed by atoms with van der Waals surface area (Å²) in [5.41, 5.74) is 1.32. The van der Waals surface area contributed by atoms with Crippen LogP contribution in [0.4, 0.5) is 10.5 Å². The van der Waals surface area contributed by atoms with Gasteiger partial charge in [0.25, 0.3) is 0 Å². The fraction of sp³-hybridized carbons (Fsp3) is 0.118. The van der Waals surface area contributed by atoms with Gasteiger partial charge in [-0.15, -0.1) is 0 Å². The first-order chi connectivity index (χ1) is 11.6. The van der Waals surface area contributed by atoms with Crippen molar-refractivity contribution >= 4 is 34.2 Å². The van der Waals surface area contributed by atoms with Gasteiger partial charge in [0, 0.05) is 24.0 Å². The molecule has 0 spiro atoms. The van der Waals surface area contributed by atoms with E-state index in [1.807, 2.05) is 19.1 Å². The maximum absolute atomic E-state index is 12.4. The summed E-state index contributed by atoms with van der Waals surface area (Å²) in [7, 11) is 0. The predicted molar refractivity (Wildman–Crippen MR) is 94.4 cm³/mol. The number of nitrogens with zero attached hydrogens (tertiary/aromatic N) is 1. The van der Waals surface area contributed by atoms with Crippen molar-refractivity contribution in [3.63, 3.8) is 0 Å². The van der Waals surface area contributed by atoms with E-state index in [0.717, 1.165) is 5.56 Å². The number of halogens is 1. The summed E-state index contributed by atoms with van der Waals surface area (Å²) >= 11 is 6.05. The normalized spacial score (nSPS) is 11.9. The Morgan fingerprint density at radius 3 is 2.75 bits per heavy atom. The van der Waals surface area contributed by atoms with E-state index in [1.54, 1.807) is 30.6 Å². The average Bonchev–Trinajstić information content (AvgIpc) is 2.58. The highest BCUT2D eigenvalue weighted by Crippen LogP contribution is 2.19. The number of hydrogen-bond donors (Lipinski definition) is 3. The first-order valence-corrected chi connectivity index (χ1v) is 7.71. The second-order valence-electron chi connectivity index (χ2n) is 5.29. The Morgan fingerprint density at radius 1 is 1.25 bits per heavy atom. The minimum Gasteiger partial charge on any atom is -0.358 e. The smallest absolute Gasteiger partial charge is 0.319 e. The van der Waals surface area contributed by atoms with Crippen LogP contribution in [0.5, 0.6) is 0 Å². The van der Waals surface area contributed by atoms with Crippen LogP contribution in [-0.2, 0) is 0 Å². The maximum atomic E-state index is 12.4. The van der Waals surface area contributed by atoms with Crippen molar-refractivity contribution in [3.05, 3.63) is 69.7 Å². The lowest BCUT2D eigenvalue weighted by Gasteiger charge is -2.14. The summed E-state index contributed by atoms with van der Waals surface area (Å²) in [5, 5.41) is 6.21. The van der Waals surface area contributed by atoms with Gasteiger partial charge in [-0.2, -0.15) is 0 Å². The second-order valence-corrected chi connectivity index (χ2v) is 5.70. The van der Waals surface area contributed by atoms with E-state index in [4.69, 9.17) is 11.6 Å². The minimum absolute atomic E-state index is 0.157. The number of benzene rings is 1. The summed E-state index contributed by atoms with van der Waals surface area (Å²) in [6, 6.07) is 7.98. The fourth-order valence-corrected chi connectivity index (χ4v) is 2.63. The molecule has 0 saturated carbocycles. The van der Waals surface area contributed by atoms with Gasteiger partial charge in [0.1, 0.15) is 5.69 Å². The molecule has 3 rings (SSSR count). The number of nitrogens with one attached hydrogen (secondary N) is 3. The van der Waals surface area contributed by atoms with E-state index in [1.165, 1.54) is 6.20 Å². The molecule has 1 aromatic carbocycles. The number of fused-ring (bicyclic) bond motifs is 1. The van der Waals surface area contributed by atoms with E-state index in [0.29, 0.717) is 15.9 Å². The molecule has 122 valence electrons. The Labute approximate surface area is 142 Å². The van der Waals surface area contributed by atoms with E-state index >= 15 is 0 Å². The van der Waals surface area contributed by atoms with Crippen molar-refractivity contribution in [1.29, 1.82) is 0 Å². The Bertz CT molecular complexity index is 940. The van der Waals surface area contributed by atoms with Crippen molar-refractivity contribution in [2.75, 3.05) is 5.32 Å². The van der Waals surface area contributed by atoms with Crippen LogP contribution in [0.1, 0.15) is 18.5 Å². The molecule has 6 nitrogen and oxygen atoms in total. The molecular formula is C17H15ClN4O2. The molecule has 2 heterocycles. The van der Waals surface area contributed by atoms with Gasteiger partial charge in [-0.25, -0.2) is 4.79 Å². The lowest BCUT2D eigenvalue weighted by molar-refractivity contribution is 0.249. The number of H-pyrrole nitrogens is 1. The first kappa shape index (κ1) is 16.0. The van der Waals surface area contributed by atoms with Crippen molar-refractivity contribution in [1.82, 2.24) is 15.3 Å². The van der Waals surface area contributed by atoms with Gasteiger partial charge >= 0.3 is 6.03 Å². The van der Waals surface area contributed by atoms with E-state index in [2.05, 4.69) is 20.6 Å². The number of rotatable bonds is 3. The largest absolute Gasteiger partial charge is 0.358 e. The van der Waals surface area contributed by atoms with Crippen molar-refractivity contribution < 1.29 is 4.79 Å². The van der Waals surface area contributed by atoms with E-state index < -0.39 is 6.03 Å². The van der Waals surface area contributed by atoms with Crippen molar-refractivity contribution in [2.24, 2.45) is 0 Å². The van der Waals surface area contributed by atoms with Gasteiger partial charge in [0.15, 0.2) is 0 Å². The standard InChI is InChI=1S/C17H15ClN4O2/c1-10(11-5-7-19-8-6-11)21-17(24)22-14-9-20-15-12(16(14)23)3-2-4-13(15)18/h2-10H,1H3,(H,20,23)(H2,21,22,24). The number of anilines is 1. The molecular weight excluding hydrogens is 328 g/mol. The quantitative estimate of drug-likeness (QED) is 0.681. The molecule has 0 bridgehead atoms. The number of amides is 2. The van der Waals surface area contributed by atoms with E-state index in [-0.39, 0.29) is 17.2 Å². The third kappa shape index (κ3) is 3.23. The molecule has 2 amide bonds. The van der Waals surface area contributed by atoms with Gasteiger partial charge < -0.3 is 15.6 Å². The molecule has 0 radical (unpaired) electrons. The molecule has 1 unspecified atom stereocenters. The topological polar surface area (TPSA) is 86.9 Å². The van der Waals surface area contributed by atoms with Crippen LogP contribution >= 0.6 is 11.6 Å². The summed E-state index contributed by atoms with van der Waals surface area (Å²) in [5.74, 6) is 0. The van der Waals surface area contributed by atoms with Gasteiger partial charge in [-0.1, -0.05) is 17.7 Å². The summed E-state index contributed by atoms with van der Waals surface area (Å²) in [6.45, 7) is 1.85. The first-order valence-electron chi connectivity index (χ1n) is 7.33. The highest BCUT2D eigenvalue weighted by molar-refractivity contribution is 6.35. The number of pyridine rings is 2. The Balaban J connectivity index is 1.79. The Hall–Kier alpha value is -2.86. The number of carbonyl (C=O) groups excluding carboxylic acids is 1. The number of carbonyl (C=O) groups is 1. The van der Waals surface area contributed by atoms with E-state index in [9.17, 15) is 9.59 Å². The molecule has 24 heavy (non-hydrogen) atoms. The van der Waals surface area contributed by atoms with Crippen LogP contribution in [0.3, 0.4) is 0 Å². The average molecular weight is 343 g/mol. The number of urea groups is 1. The number of aromatic nitrogens is 2. The van der Waals surface area contributed by atoms with Crippen molar-refractivity contribution in [2.45, 2.75) is 13.0 Å². The summed E-state index contributed by atoms with van der Waals surface area (Å²) in [4.78, 5) is 31.5. The molecule has 7 heteroatoms.